The zero-order valence-corrected chi connectivity index (χ0v) is 4.37. The van der Waals surface area contributed by atoms with Crippen molar-refractivity contribution >= 4 is 12.4 Å². The summed E-state index contributed by atoms with van der Waals surface area (Å²) in [5.74, 6) is -1.09. The summed E-state index contributed by atoms with van der Waals surface area (Å²) in [6, 6.07) is -0.910. The molecule has 1 unspecified atom stereocenters. The van der Waals surface area contributed by atoms with Crippen molar-refractivity contribution in [1.29, 1.82) is 0 Å². The SMILES string of the molecule is CC([N]C=O)C(=O)O. The number of aliphatic carboxylic acids is 1. The molecule has 0 aromatic carbocycles. The average Bonchev–Trinajstić information content (AvgIpc) is 1.67. The van der Waals surface area contributed by atoms with E-state index in [1.807, 2.05) is 0 Å². The van der Waals surface area contributed by atoms with E-state index in [2.05, 4.69) is 5.32 Å². The molecule has 0 saturated carbocycles. The van der Waals surface area contributed by atoms with Crippen LogP contribution >= 0.6 is 0 Å². The molecule has 0 heterocycles. The van der Waals surface area contributed by atoms with Gasteiger partial charge in [-0.2, -0.15) is 0 Å². The van der Waals surface area contributed by atoms with Crippen LogP contribution in [0.3, 0.4) is 0 Å². The van der Waals surface area contributed by atoms with E-state index >= 15 is 0 Å². The normalized spacial score (nSPS) is 12.1. The Kier molecular flexibility index (Phi) is 2.61. The third kappa shape index (κ3) is 2.17. The first-order chi connectivity index (χ1) is 3.68. The summed E-state index contributed by atoms with van der Waals surface area (Å²) in [6.45, 7) is 1.33. The fourth-order valence-electron chi connectivity index (χ4n) is 0.155. The molecule has 0 saturated heterocycles. The molecule has 0 aliphatic carbocycles. The van der Waals surface area contributed by atoms with Crippen molar-refractivity contribution in [2.45, 2.75) is 13.0 Å². The summed E-state index contributed by atoms with van der Waals surface area (Å²) in [5, 5.41) is 11.1. The zero-order chi connectivity index (χ0) is 6.57. The number of hydrogen-bond donors (Lipinski definition) is 1. The van der Waals surface area contributed by atoms with Crippen molar-refractivity contribution in [3.63, 3.8) is 0 Å². The second-order valence-electron chi connectivity index (χ2n) is 1.27. The summed E-state index contributed by atoms with van der Waals surface area (Å²) in [4.78, 5) is 19.3. The molecule has 1 atom stereocenters. The minimum Gasteiger partial charge on any atom is -0.480 e. The minimum absolute atomic E-state index is 0.235. The maximum atomic E-state index is 9.84. The number of carbonyl (C=O) groups is 2. The van der Waals surface area contributed by atoms with Crippen LogP contribution in [-0.4, -0.2) is 23.5 Å². The van der Waals surface area contributed by atoms with Crippen LogP contribution in [0.4, 0.5) is 0 Å². The Hall–Kier alpha value is -1.06. The molecule has 4 heteroatoms. The molecule has 1 radical (unpaired) electrons. The highest BCUT2D eigenvalue weighted by atomic mass is 16.4. The molecule has 0 aromatic rings. The highest BCUT2D eigenvalue weighted by Gasteiger charge is 2.08. The summed E-state index contributed by atoms with van der Waals surface area (Å²) in [5.41, 5.74) is 0. The van der Waals surface area contributed by atoms with Crippen molar-refractivity contribution in [2.75, 3.05) is 0 Å². The molecular weight excluding hydrogens is 110 g/mol. The van der Waals surface area contributed by atoms with Gasteiger partial charge in [-0.15, -0.1) is 0 Å². The van der Waals surface area contributed by atoms with Crippen LogP contribution in [0.2, 0.25) is 0 Å². The summed E-state index contributed by atoms with van der Waals surface area (Å²) in [7, 11) is 0. The highest BCUT2D eigenvalue weighted by Crippen LogP contribution is 1.77. The van der Waals surface area contributed by atoms with E-state index in [4.69, 9.17) is 5.11 Å². The van der Waals surface area contributed by atoms with Gasteiger partial charge in [0.25, 0.3) is 0 Å². The number of hydrogen-bond acceptors (Lipinski definition) is 2. The van der Waals surface area contributed by atoms with Gasteiger partial charge in [0.1, 0.15) is 6.04 Å². The Labute approximate surface area is 46.5 Å². The van der Waals surface area contributed by atoms with Crippen LogP contribution in [0, 0.1) is 0 Å². The maximum absolute atomic E-state index is 9.84. The third-order valence-electron chi connectivity index (χ3n) is 0.642. The van der Waals surface area contributed by atoms with E-state index in [1.54, 1.807) is 0 Å². The Morgan fingerprint density at radius 2 is 2.38 bits per heavy atom. The van der Waals surface area contributed by atoms with Crippen molar-refractivity contribution in [1.82, 2.24) is 5.32 Å². The van der Waals surface area contributed by atoms with Crippen LogP contribution in [-0.2, 0) is 9.59 Å². The second kappa shape index (κ2) is 3.01. The molecule has 1 amide bonds. The van der Waals surface area contributed by atoms with Gasteiger partial charge in [-0.05, 0) is 6.92 Å². The van der Waals surface area contributed by atoms with E-state index in [-0.39, 0.29) is 6.41 Å². The third-order valence-corrected chi connectivity index (χ3v) is 0.642. The Morgan fingerprint density at radius 3 is 2.50 bits per heavy atom. The monoisotopic (exact) mass is 116 g/mol. The van der Waals surface area contributed by atoms with Gasteiger partial charge < -0.3 is 5.11 Å². The number of carboxylic acids is 1. The topological polar surface area (TPSA) is 68.5 Å². The van der Waals surface area contributed by atoms with Crippen LogP contribution in [0.25, 0.3) is 0 Å². The van der Waals surface area contributed by atoms with Gasteiger partial charge in [-0.3, -0.25) is 4.79 Å². The van der Waals surface area contributed by atoms with Crippen molar-refractivity contribution < 1.29 is 14.7 Å². The van der Waals surface area contributed by atoms with Crippen molar-refractivity contribution in [3.8, 4) is 0 Å². The van der Waals surface area contributed by atoms with Crippen LogP contribution in [0.5, 0.6) is 0 Å². The van der Waals surface area contributed by atoms with E-state index in [0.717, 1.165) is 0 Å². The summed E-state index contributed by atoms with van der Waals surface area (Å²) < 4.78 is 0. The van der Waals surface area contributed by atoms with Gasteiger partial charge in [-0.1, -0.05) is 0 Å². The highest BCUT2D eigenvalue weighted by molar-refractivity contribution is 5.75. The predicted molar refractivity (Wildman–Crippen MR) is 25.3 cm³/mol. The molecule has 0 fully saturated rings. The van der Waals surface area contributed by atoms with E-state index in [9.17, 15) is 9.59 Å². The zero-order valence-electron chi connectivity index (χ0n) is 4.37. The van der Waals surface area contributed by atoms with E-state index < -0.39 is 12.0 Å². The molecule has 0 bridgehead atoms. The van der Waals surface area contributed by atoms with E-state index in [1.165, 1.54) is 6.92 Å². The van der Waals surface area contributed by atoms with Gasteiger partial charge in [0, 0.05) is 0 Å². The fraction of sp³-hybridized carbons (Fsp3) is 0.500. The second-order valence-corrected chi connectivity index (χ2v) is 1.27. The standard InChI is InChI=1S/C4H6NO3/c1-3(4(7)8)5-2-6/h2-3H,1H3,(H,7,8). The molecule has 8 heavy (non-hydrogen) atoms. The number of carboxylic acid groups (broad SMARTS) is 1. The molecule has 45 valence electrons. The summed E-state index contributed by atoms with van der Waals surface area (Å²) >= 11 is 0. The van der Waals surface area contributed by atoms with Gasteiger partial charge in [0.05, 0.1) is 0 Å². The lowest BCUT2D eigenvalue weighted by atomic mass is 10.4. The first kappa shape index (κ1) is 6.94. The van der Waals surface area contributed by atoms with Crippen molar-refractivity contribution in [3.05, 3.63) is 0 Å². The summed E-state index contributed by atoms with van der Waals surface area (Å²) in [6.07, 6.45) is 0.235. The number of carbonyl (C=O) groups excluding carboxylic acids is 1. The quantitative estimate of drug-likeness (QED) is 0.492. The van der Waals surface area contributed by atoms with Gasteiger partial charge in [-0.25, -0.2) is 10.1 Å². The van der Waals surface area contributed by atoms with Crippen LogP contribution in [0.15, 0.2) is 0 Å². The number of nitrogens with zero attached hydrogens (tertiary/aromatic N) is 1. The van der Waals surface area contributed by atoms with Crippen LogP contribution in [0.1, 0.15) is 6.92 Å². The lowest BCUT2D eigenvalue weighted by molar-refractivity contribution is -0.140. The molecular formula is C4H6NO3. The maximum Gasteiger partial charge on any atom is 0.328 e. The molecule has 0 aliphatic heterocycles. The Morgan fingerprint density at radius 1 is 1.88 bits per heavy atom. The largest absolute Gasteiger partial charge is 0.480 e. The molecule has 4 nitrogen and oxygen atoms in total. The molecule has 0 aromatic heterocycles. The van der Waals surface area contributed by atoms with Crippen molar-refractivity contribution in [2.24, 2.45) is 0 Å². The Balaban J connectivity index is 3.46. The number of amides is 1. The fourth-order valence-corrected chi connectivity index (χ4v) is 0.155. The first-order valence-corrected chi connectivity index (χ1v) is 2.05. The molecule has 0 rings (SSSR count). The van der Waals surface area contributed by atoms with Gasteiger partial charge in [0.2, 0.25) is 6.41 Å². The molecule has 1 N–H and O–H groups in total. The number of rotatable bonds is 3. The molecule has 0 spiro atoms. The molecule has 0 aliphatic rings. The smallest absolute Gasteiger partial charge is 0.328 e. The Bertz CT molecular complexity index is 101. The van der Waals surface area contributed by atoms with Gasteiger partial charge >= 0.3 is 5.97 Å². The van der Waals surface area contributed by atoms with Gasteiger partial charge in [0.15, 0.2) is 0 Å². The predicted octanol–water partition coefficient (Wildman–Crippen LogP) is -0.780. The lowest BCUT2D eigenvalue weighted by Gasteiger charge is -1.96. The minimum atomic E-state index is -1.09. The van der Waals surface area contributed by atoms with Crippen LogP contribution < -0.4 is 5.32 Å². The first-order valence-electron chi connectivity index (χ1n) is 2.05. The average molecular weight is 116 g/mol. The lowest BCUT2D eigenvalue weighted by Crippen LogP contribution is -2.26. The van der Waals surface area contributed by atoms with E-state index in [0.29, 0.717) is 0 Å².